The molecule has 3 N–H and O–H groups in total. The average Bonchev–Trinajstić information content (AvgIpc) is 2.10. The van der Waals surface area contributed by atoms with Crippen LogP contribution in [0.3, 0.4) is 0 Å². The van der Waals surface area contributed by atoms with E-state index in [4.69, 9.17) is 37.0 Å². The van der Waals surface area contributed by atoms with Crippen molar-refractivity contribution >= 4 is 39.5 Å². The Morgan fingerprint density at radius 2 is 0.495 bits per heavy atom. The van der Waals surface area contributed by atoms with Gasteiger partial charge in [-0.05, 0) is 37.5 Å². The summed E-state index contributed by atoms with van der Waals surface area (Å²) in [5.74, 6) is -0.638. The number of aliphatic hydroxyl groups excluding tert-OH is 1. The number of carbonyl (C=O) groups excluding carboxylic acids is 4. The van der Waals surface area contributed by atoms with E-state index in [1.807, 2.05) is 0 Å². The maximum atomic E-state index is 13.1. The van der Waals surface area contributed by atoms with Crippen LogP contribution in [0.4, 0.5) is 0 Å². The van der Waals surface area contributed by atoms with Crippen LogP contribution in [0.15, 0.2) is 0 Å². The zero-order valence-corrected chi connectivity index (χ0v) is 62.3. The van der Waals surface area contributed by atoms with E-state index < -0.39 is 97.5 Å². The van der Waals surface area contributed by atoms with Crippen LogP contribution in [-0.4, -0.2) is 96.7 Å². The molecule has 0 saturated carbocycles. The molecule has 93 heavy (non-hydrogen) atoms. The predicted molar refractivity (Wildman–Crippen MR) is 377 cm³/mol. The lowest BCUT2D eigenvalue weighted by molar-refractivity contribution is -0.161. The van der Waals surface area contributed by atoms with E-state index >= 15 is 0 Å². The van der Waals surface area contributed by atoms with Gasteiger partial charge in [0, 0.05) is 25.7 Å². The first-order chi connectivity index (χ1) is 44.9. The van der Waals surface area contributed by atoms with Crippen LogP contribution in [0.1, 0.15) is 382 Å². The molecular weight excluding hydrogens is 1220 g/mol. The third-order valence-corrected chi connectivity index (χ3v) is 19.1. The zero-order valence-electron chi connectivity index (χ0n) is 60.6. The minimum Gasteiger partial charge on any atom is -0.462 e. The smallest absolute Gasteiger partial charge is 0.462 e. The summed E-state index contributed by atoms with van der Waals surface area (Å²) in [6.07, 6.45) is 52.7. The molecule has 0 bridgehead atoms. The van der Waals surface area contributed by atoms with Crippen molar-refractivity contribution in [1.29, 1.82) is 0 Å². The van der Waals surface area contributed by atoms with Crippen LogP contribution in [0.5, 0.6) is 0 Å². The molecule has 19 heteroatoms. The molecule has 0 aliphatic carbocycles. The molecule has 552 valence electrons. The molecule has 0 spiro atoms. The number of hydrogen-bond donors (Lipinski definition) is 3. The summed E-state index contributed by atoms with van der Waals surface area (Å²) < 4.78 is 68.4. The SMILES string of the molecule is CCCCCCCCCCCCCCCCCCCCC(=O)O[C@H](COC(=O)CCCCCCCCCCCC(C)C)COP(=O)(O)OC[C@@H](O)COP(=O)(O)OC[C@@H](COC(=O)CCCCCCCCCCCCC)OC(=O)CCCCCCCCCCCC(C)C. The van der Waals surface area contributed by atoms with E-state index in [0.29, 0.717) is 25.7 Å². The van der Waals surface area contributed by atoms with E-state index in [9.17, 15) is 43.2 Å². The van der Waals surface area contributed by atoms with Gasteiger partial charge < -0.3 is 33.8 Å². The van der Waals surface area contributed by atoms with Gasteiger partial charge in [0.25, 0.3) is 0 Å². The Morgan fingerprint density at radius 1 is 0.290 bits per heavy atom. The Hall–Kier alpha value is -1.94. The highest BCUT2D eigenvalue weighted by atomic mass is 31.2. The van der Waals surface area contributed by atoms with E-state index in [2.05, 4.69) is 41.5 Å². The Labute approximate surface area is 568 Å². The van der Waals surface area contributed by atoms with Gasteiger partial charge in [0.15, 0.2) is 12.2 Å². The van der Waals surface area contributed by atoms with Crippen molar-refractivity contribution in [3.63, 3.8) is 0 Å². The molecule has 0 amide bonds. The molecule has 0 rings (SSSR count). The van der Waals surface area contributed by atoms with Crippen LogP contribution < -0.4 is 0 Å². The summed E-state index contributed by atoms with van der Waals surface area (Å²) in [5, 5.41) is 10.6. The van der Waals surface area contributed by atoms with Crippen LogP contribution in [0.2, 0.25) is 0 Å². The standard InChI is InChI=1S/C74H144O17P2/c1-7-9-11-13-15-17-19-20-21-22-23-24-25-27-33-40-46-52-58-73(78)90-69(63-85-72(77)57-51-45-39-34-28-30-36-42-48-54-66(3)4)64-88-92(80,81)86-60-68(75)61-87-93(82,83)89-65-70(62-84-71(76)56-50-44-38-32-26-18-16-14-12-10-8-2)91-74(79)59-53-47-41-35-29-31-37-43-49-55-67(5)6/h66-70,75H,7-65H2,1-6H3,(H,80,81)(H,82,83)/t68-,69-,70-/m1/s1. The molecular formula is C74H144O17P2. The molecule has 0 aromatic carbocycles. The van der Waals surface area contributed by atoms with Crippen molar-refractivity contribution in [2.75, 3.05) is 39.6 Å². The summed E-state index contributed by atoms with van der Waals surface area (Å²) >= 11 is 0. The van der Waals surface area contributed by atoms with Gasteiger partial charge in [-0.2, -0.15) is 0 Å². The molecule has 0 aromatic heterocycles. The van der Waals surface area contributed by atoms with Gasteiger partial charge in [-0.25, -0.2) is 9.13 Å². The molecule has 0 saturated heterocycles. The molecule has 0 aromatic rings. The van der Waals surface area contributed by atoms with Crippen molar-refractivity contribution in [3.05, 3.63) is 0 Å². The van der Waals surface area contributed by atoms with E-state index in [-0.39, 0.29) is 25.7 Å². The lowest BCUT2D eigenvalue weighted by Crippen LogP contribution is -2.30. The van der Waals surface area contributed by atoms with Gasteiger partial charge in [0.2, 0.25) is 0 Å². The predicted octanol–water partition coefficient (Wildman–Crippen LogP) is 21.6. The van der Waals surface area contributed by atoms with Crippen LogP contribution in [0, 0.1) is 11.8 Å². The second-order valence-corrected chi connectivity index (χ2v) is 30.5. The maximum Gasteiger partial charge on any atom is 0.472 e. The Balaban J connectivity index is 5.23. The highest BCUT2D eigenvalue weighted by molar-refractivity contribution is 7.47. The normalized spacial score (nSPS) is 14.1. The van der Waals surface area contributed by atoms with Gasteiger partial charge in [-0.1, -0.05) is 330 Å². The number of rotatable bonds is 73. The Morgan fingerprint density at radius 3 is 0.731 bits per heavy atom. The number of unbranched alkanes of at least 4 members (excludes halogenated alkanes) is 43. The molecule has 5 atom stereocenters. The summed E-state index contributed by atoms with van der Waals surface area (Å²) in [6, 6.07) is 0. The number of esters is 4. The number of phosphoric ester groups is 2. The second kappa shape index (κ2) is 66.0. The number of aliphatic hydroxyl groups is 1. The second-order valence-electron chi connectivity index (χ2n) is 27.6. The lowest BCUT2D eigenvalue weighted by Gasteiger charge is -2.21. The minimum atomic E-state index is -4.95. The monoisotopic (exact) mass is 1370 g/mol. The molecule has 0 aliphatic rings. The quantitative estimate of drug-likeness (QED) is 0.0222. The van der Waals surface area contributed by atoms with Gasteiger partial charge in [-0.15, -0.1) is 0 Å². The Kier molecular flexibility index (Phi) is 64.6. The highest BCUT2D eigenvalue weighted by Crippen LogP contribution is 2.45. The fourth-order valence-corrected chi connectivity index (χ4v) is 12.9. The van der Waals surface area contributed by atoms with Crippen LogP contribution in [-0.2, 0) is 65.4 Å². The largest absolute Gasteiger partial charge is 0.472 e. The lowest BCUT2D eigenvalue weighted by atomic mass is 10.0. The number of hydrogen-bond acceptors (Lipinski definition) is 15. The maximum absolute atomic E-state index is 13.1. The number of ether oxygens (including phenoxy) is 4. The summed E-state index contributed by atoms with van der Waals surface area (Å²) in [4.78, 5) is 72.7. The average molecular weight is 1370 g/mol. The van der Waals surface area contributed by atoms with Gasteiger partial charge in [-0.3, -0.25) is 37.3 Å². The van der Waals surface area contributed by atoms with Crippen molar-refractivity contribution in [2.24, 2.45) is 11.8 Å². The molecule has 2 unspecified atom stereocenters. The molecule has 0 radical (unpaired) electrons. The zero-order chi connectivity index (χ0) is 68.6. The first-order valence-corrected chi connectivity index (χ1v) is 41.5. The summed E-state index contributed by atoms with van der Waals surface area (Å²) in [7, 11) is -9.91. The molecule has 0 aliphatic heterocycles. The fraction of sp³-hybridized carbons (Fsp3) is 0.946. The number of phosphoric acid groups is 2. The van der Waals surface area contributed by atoms with Gasteiger partial charge >= 0.3 is 39.5 Å². The van der Waals surface area contributed by atoms with Gasteiger partial charge in [0.1, 0.15) is 19.3 Å². The van der Waals surface area contributed by atoms with Crippen LogP contribution >= 0.6 is 15.6 Å². The van der Waals surface area contributed by atoms with Crippen molar-refractivity contribution in [3.8, 4) is 0 Å². The fourth-order valence-electron chi connectivity index (χ4n) is 11.3. The van der Waals surface area contributed by atoms with E-state index in [0.717, 1.165) is 102 Å². The van der Waals surface area contributed by atoms with Crippen molar-refractivity contribution < 1.29 is 80.2 Å². The minimum absolute atomic E-state index is 0.106. The summed E-state index contributed by atoms with van der Waals surface area (Å²) in [6.45, 7) is 9.54. The number of carbonyl (C=O) groups is 4. The van der Waals surface area contributed by atoms with E-state index in [1.165, 1.54) is 199 Å². The first-order valence-electron chi connectivity index (χ1n) is 38.5. The van der Waals surface area contributed by atoms with Crippen LogP contribution in [0.25, 0.3) is 0 Å². The molecule has 0 heterocycles. The topological polar surface area (TPSA) is 237 Å². The molecule has 17 nitrogen and oxygen atoms in total. The van der Waals surface area contributed by atoms with E-state index in [1.54, 1.807) is 0 Å². The first kappa shape index (κ1) is 91.1. The summed E-state index contributed by atoms with van der Waals surface area (Å²) in [5.41, 5.74) is 0. The Bertz CT molecular complexity index is 1800. The van der Waals surface area contributed by atoms with Gasteiger partial charge in [0.05, 0.1) is 26.4 Å². The third kappa shape index (κ3) is 68.4. The highest BCUT2D eigenvalue weighted by Gasteiger charge is 2.30. The molecule has 0 fully saturated rings. The van der Waals surface area contributed by atoms with Crippen molar-refractivity contribution in [1.82, 2.24) is 0 Å². The van der Waals surface area contributed by atoms with Crippen molar-refractivity contribution in [2.45, 2.75) is 400 Å². The third-order valence-electron chi connectivity index (χ3n) is 17.2.